The van der Waals surface area contributed by atoms with E-state index in [-0.39, 0.29) is 5.60 Å². The maximum atomic E-state index is 6.14. The van der Waals surface area contributed by atoms with Gasteiger partial charge in [-0.1, -0.05) is 11.6 Å². The van der Waals surface area contributed by atoms with Crippen LogP contribution in [0.4, 0.5) is 5.82 Å². The maximum Gasteiger partial charge on any atom is 0.129 e. The second-order valence-corrected chi connectivity index (χ2v) is 6.40. The first-order chi connectivity index (χ1) is 9.58. The van der Waals surface area contributed by atoms with Gasteiger partial charge in [-0.05, 0) is 38.9 Å². The number of aromatic nitrogens is 1. The molecule has 0 saturated carbocycles. The Balaban J connectivity index is 1.76. The van der Waals surface area contributed by atoms with Crippen LogP contribution in [0.15, 0.2) is 12.1 Å². The molecule has 3 rings (SSSR count). The van der Waals surface area contributed by atoms with Gasteiger partial charge >= 0.3 is 0 Å². The minimum Gasteiger partial charge on any atom is -0.371 e. The molecule has 4 nitrogen and oxygen atoms in total. The van der Waals surface area contributed by atoms with Crippen molar-refractivity contribution in [3.05, 3.63) is 22.8 Å². The lowest BCUT2D eigenvalue weighted by molar-refractivity contribution is -0.0884. The molecule has 3 heterocycles. The van der Waals surface area contributed by atoms with Crippen molar-refractivity contribution in [2.75, 3.05) is 44.7 Å². The van der Waals surface area contributed by atoms with Gasteiger partial charge in [-0.15, -0.1) is 0 Å². The third-order valence-corrected chi connectivity index (χ3v) is 4.88. The molecule has 0 radical (unpaired) electrons. The average molecular weight is 296 g/mol. The molecule has 1 aromatic heterocycles. The van der Waals surface area contributed by atoms with Crippen molar-refractivity contribution in [1.29, 1.82) is 0 Å². The zero-order valence-corrected chi connectivity index (χ0v) is 13.0. The Hall–Kier alpha value is -0.840. The molecule has 2 saturated heterocycles. The minimum absolute atomic E-state index is 0.0139. The number of anilines is 1. The number of nitrogens with zero attached hydrogens (tertiary/aromatic N) is 3. The molecule has 0 aromatic carbocycles. The summed E-state index contributed by atoms with van der Waals surface area (Å²) in [4.78, 5) is 9.34. The quantitative estimate of drug-likeness (QED) is 0.795. The van der Waals surface area contributed by atoms with Gasteiger partial charge in [-0.25, -0.2) is 4.98 Å². The predicted molar refractivity (Wildman–Crippen MR) is 81.6 cm³/mol. The van der Waals surface area contributed by atoms with Crippen molar-refractivity contribution in [2.45, 2.75) is 25.4 Å². The van der Waals surface area contributed by atoms with Gasteiger partial charge in [0.25, 0.3) is 0 Å². The van der Waals surface area contributed by atoms with Crippen LogP contribution in [0.5, 0.6) is 0 Å². The van der Waals surface area contributed by atoms with Crippen LogP contribution < -0.4 is 4.90 Å². The monoisotopic (exact) mass is 295 g/mol. The zero-order chi connectivity index (χ0) is 14.2. The van der Waals surface area contributed by atoms with E-state index in [9.17, 15) is 0 Å². The number of ether oxygens (including phenoxy) is 1. The zero-order valence-electron chi connectivity index (χ0n) is 12.2. The van der Waals surface area contributed by atoms with Gasteiger partial charge in [-0.2, -0.15) is 0 Å². The third-order valence-electron chi connectivity index (χ3n) is 4.48. The number of aryl methyl sites for hydroxylation is 1. The number of hydrogen-bond donors (Lipinski definition) is 0. The van der Waals surface area contributed by atoms with Crippen LogP contribution in [-0.2, 0) is 4.74 Å². The van der Waals surface area contributed by atoms with Crippen molar-refractivity contribution in [3.8, 4) is 0 Å². The molecule has 0 bridgehead atoms. The molecule has 0 unspecified atom stereocenters. The molecule has 2 fully saturated rings. The van der Waals surface area contributed by atoms with Crippen molar-refractivity contribution in [3.63, 3.8) is 0 Å². The van der Waals surface area contributed by atoms with E-state index in [0.717, 1.165) is 62.2 Å². The summed E-state index contributed by atoms with van der Waals surface area (Å²) in [6.07, 6.45) is 2.21. The van der Waals surface area contributed by atoms with Crippen LogP contribution in [0.3, 0.4) is 0 Å². The summed E-state index contributed by atoms with van der Waals surface area (Å²) in [6.45, 7) is 6.81. The molecule has 0 amide bonds. The molecule has 0 atom stereocenters. The first-order valence-electron chi connectivity index (χ1n) is 7.29. The summed E-state index contributed by atoms with van der Waals surface area (Å²) in [5, 5.41) is 0.732. The Kier molecular flexibility index (Phi) is 3.89. The van der Waals surface area contributed by atoms with Gasteiger partial charge in [-0.3, -0.25) is 0 Å². The summed E-state index contributed by atoms with van der Waals surface area (Å²) < 4.78 is 6.14. The van der Waals surface area contributed by atoms with E-state index in [4.69, 9.17) is 16.3 Å². The Morgan fingerprint density at radius 3 is 2.70 bits per heavy atom. The van der Waals surface area contributed by atoms with Crippen LogP contribution in [0.25, 0.3) is 0 Å². The summed E-state index contributed by atoms with van der Waals surface area (Å²) in [6, 6.07) is 3.96. The van der Waals surface area contributed by atoms with E-state index in [0.29, 0.717) is 0 Å². The number of morpholine rings is 1. The molecule has 20 heavy (non-hydrogen) atoms. The fourth-order valence-electron chi connectivity index (χ4n) is 3.08. The highest BCUT2D eigenvalue weighted by atomic mass is 35.5. The second-order valence-electron chi connectivity index (χ2n) is 5.99. The molecule has 2 aliphatic heterocycles. The first kappa shape index (κ1) is 14.1. The molecule has 0 aliphatic carbocycles. The van der Waals surface area contributed by atoms with Crippen LogP contribution in [0.1, 0.15) is 18.5 Å². The highest BCUT2D eigenvalue weighted by molar-refractivity contribution is 6.31. The normalized spacial score (nSPS) is 23.2. The Labute approximate surface area is 125 Å². The van der Waals surface area contributed by atoms with E-state index >= 15 is 0 Å². The van der Waals surface area contributed by atoms with Gasteiger partial charge in [0.05, 0.1) is 22.9 Å². The number of hydrogen-bond acceptors (Lipinski definition) is 4. The molecular formula is C15H22ClN3O. The fourth-order valence-corrected chi connectivity index (χ4v) is 3.18. The average Bonchev–Trinajstić information content (AvgIpc) is 2.46. The van der Waals surface area contributed by atoms with Crippen LogP contribution in [-0.4, -0.2) is 55.3 Å². The highest BCUT2D eigenvalue weighted by Crippen LogP contribution is 2.31. The van der Waals surface area contributed by atoms with Gasteiger partial charge in [0.1, 0.15) is 5.82 Å². The van der Waals surface area contributed by atoms with Gasteiger partial charge in [0.2, 0.25) is 0 Å². The SMILES string of the molecule is Cc1nc(N2CCOC3(CCN(C)CC3)C2)ccc1Cl. The summed E-state index contributed by atoms with van der Waals surface area (Å²) in [5.41, 5.74) is 0.910. The van der Waals surface area contributed by atoms with E-state index in [1.807, 2.05) is 19.1 Å². The lowest BCUT2D eigenvalue weighted by Crippen LogP contribution is -2.56. The minimum atomic E-state index is 0.0139. The van der Waals surface area contributed by atoms with E-state index < -0.39 is 0 Å². The van der Waals surface area contributed by atoms with Crippen molar-refractivity contribution >= 4 is 17.4 Å². The van der Waals surface area contributed by atoms with E-state index in [1.54, 1.807) is 0 Å². The molecule has 1 aromatic rings. The van der Waals surface area contributed by atoms with Crippen LogP contribution in [0.2, 0.25) is 5.02 Å². The highest BCUT2D eigenvalue weighted by Gasteiger charge is 2.39. The lowest BCUT2D eigenvalue weighted by atomic mass is 9.89. The summed E-state index contributed by atoms with van der Waals surface area (Å²) >= 11 is 6.07. The van der Waals surface area contributed by atoms with E-state index in [1.165, 1.54) is 0 Å². The smallest absolute Gasteiger partial charge is 0.129 e. The molecule has 1 spiro atoms. The molecule has 0 N–H and O–H groups in total. The number of likely N-dealkylation sites (tertiary alicyclic amines) is 1. The second kappa shape index (κ2) is 5.51. The van der Waals surface area contributed by atoms with Crippen LogP contribution in [0, 0.1) is 6.92 Å². The maximum absolute atomic E-state index is 6.14. The summed E-state index contributed by atoms with van der Waals surface area (Å²) in [7, 11) is 2.18. The van der Waals surface area contributed by atoms with Gasteiger partial charge < -0.3 is 14.5 Å². The third kappa shape index (κ3) is 2.78. The van der Waals surface area contributed by atoms with Crippen molar-refractivity contribution in [2.24, 2.45) is 0 Å². The lowest BCUT2D eigenvalue weighted by Gasteiger charge is -2.47. The van der Waals surface area contributed by atoms with E-state index in [2.05, 4.69) is 21.8 Å². The van der Waals surface area contributed by atoms with Crippen LogP contribution >= 0.6 is 11.6 Å². The first-order valence-corrected chi connectivity index (χ1v) is 7.66. The fraction of sp³-hybridized carbons (Fsp3) is 0.667. The summed E-state index contributed by atoms with van der Waals surface area (Å²) in [5.74, 6) is 1.02. The Morgan fingerprint density at radius 1 is 1.25 bits per heavy atom. The Bertz CT molecular complexity index is 486. The predicted octanol–water partition coefficient (Wildman–Crippen LogP) is 2.34. The largest absolute Gasteiger partial charge is 0.371 e. The molecule has 110 valence electrons. The number of pyridine rings is 1. The van der Waals surface area contributed by atoms with Gasteiger partial charge in [0, 0.05) is 26.2 Å². The topological polar surface area (TPSA) is 28.6 Å². The van der Waals surface area contributed by atoms with Crippen molar-refractivity contribution in [1.82, 2.24) is 9.88 Å². The standard InChI is InChI=1S/C15H22ClN3O/c1-12-13(16)3-4-14(17-12)19-9-10-20-15(11-19)5-7-18(2)8-6-15/h3-4H,5-11H2,1-2H3. The number of rotatable bonds is 1. The Morgan fingerprint density at radius 2 is 2.00 bits per heavy atom. The molecule has 2 aliphatic rings. The van der Waals surface area contributed by atoms with Gasteiger partial charge in [0.15, 0.2) is 0 Å². The number of halogens is 1. The molecular weight excluding hydrogens is 274 g/mol. The van der Waals surface area contributed by atoms with Crippen molar-refractivity contribution < 1.29 is 4.74 Å². The number of piperidine rings is 1. The molecule has 5 heteroatoms.